The van der Waals surface area contributed by atoms with E-state index in [9.17, 15) is 0 Å². The third-order valence-electron chi connectivity index (χ3n) is 1.58. The van der Waals surface area contributed by atoms with Gasteiger partial charge in [-0.25, -0.2) is 0 Å². The van der Waals surface area contributed by atoms with Gasteiger partial charge < -0.3 is 10.4 Å². The van der Waals surface area contributed by atoms with Crippen LogP contribution in [0.4, 0.5) is 0 Å². The van der Waals surface area contributed by atoms with Gasteiger partial charge in [-0.1, -0.05) is 0 Å². The summed E-state index contributed by atoms with van der Waals surface area (Å²) in [6, 6.07) is 0.592. The van der Waals surface area contributed by atoms with Crippen molar-refractivity contribution in [3.8, 4) is 0 Å². The van der Waals surface area contributed by atoms with Crippen LogP contribution in [-0.2, 0) is 0 Å². The molecule has 3 heteroatoms. The smallest absolute Gasteiger partial charge is 0.0443 e. The minimum absolute atomic E-state index is 0.294. The molecule has 0 aromatic heterocycles. The molecule has 0 aliphatic carbocycles. The molecule has 0 aliphatic rings. The highest BCUT2D eigenvalue weighted by Crippen LogP contribution is 1.99. The summed E-state index contributed by atoms with van der Waals surface area (Å²) < 4.78 is 0. The summed E-state index contributed by atoms with van der Waals surface area (Å²) in [6.45, 7) is 3.42. The van der Waals surface area contributed by atoms with Crippen LogP contribution < -0.4 is 5.32 Å². The van der Waals surface area contributed by atoms with Gasteiger partial charge in [-0.2, -0.15) is 11.8 Å². The molecule has 2 nitrogen and oxygen atoms in total. The van der Waals surface area contributed by atoms with Crippen molar-refractivity contribution in [2.24, 2.45) is 0 Å². The molecule has 0 aliphatic heterocycles. The van der Waals surface area contributed by atoms with Gasteiger partial charge in [0.05, 0.1) is 0 Å². The Balaban J connectivity index is 3.02. The lowest BCUT2D eigenvalue weighted by molar-refractivity contribution is 0.283. The van der Waals surface area contributed by atoms with Gasteiger partial charge in [0.15, 0.2) is 0 Å². The molecule has 0 heterocycles. The molecule has 0 aromatic rings. The molecule has 2 N–H and O–H groups in total. The Morgan fingerprint density at radius 1 is 1.55 bits per heavy atom. The van der Waals surface area contributed by atoms with Gasteiger partial charge >= 0.3 is 0 Å². The van der Waals surface area contributed by atoms with Gasteiger partial charge in [-0.15, -0.1) is 0 Å². The van der Waals surface area contributed by atoms with Crippen molar-refractivity contribution in [1.82, 2.24) is 5.32 Å². The van der Waals surface area contributed by atoms with Crippen molar-refractivity contribution in [2.45, 2.75) is 25.8 Å². The van der Waals surface area contributed by atoms with Gasteiger partial charge in [-0.05, 0) is 38.3 Å². The van der Waals surface area contributed by atoms with E-state index in [1.807, 2.05) is 11.8 Å². The van der Waals surface area contributed by atoms with Crippen LogP contribution in [0.25, 0.3) is 0 Å². The molecule has 1 unspecified atom stereocenters. The van der Waals surface area contributed by atoms with Crippen LogP contribution in [0, 0.1) is 0 Å². The lowest BCUT2D eigenvalue weighted by atomic mass is 10.2. The van der Waals surface area contributed by atoms with Gasteiger partial charge in [0.1, 0.15) is 0 Å². The summed E-state index contributed by atoms with van der Waals surface area (Å²) >= 11 is 1.88. The molecule has 0 bridgehead atoms. The predicted octanol–water partition coefficient (Wildman–Crippen LogP) is 1.10. The second-order valence-electron chi connectivity index (χ2n) is 2.71. The van der Waals surface area contributed by atoms with Crippen LogP contribution in [-0.4, -0.2) is 36.3 Å². The SMILES string of the molecule is CSCCC(C)NCCCO. The van der Waals surface area contributed by atoms with E-state index in [2.05, 4.69) is 18.5 Å². The van der Waals surface area contributed by atoms with E-state index in [1.165, 1.54) is 12.2 Å². The Morgan fingerprint density at radius 2 is 2.27 bits per heavy atom. The molecular formula is C8H19NOS. The average molecular weight is 177 g/mol. The van der Waals surface area contributed by atoms with Crippen molar-refractivity contribution in [1.29, 1.82) is 0 Å². The molecule has 0 aromatic carbocycles. The average Bonchev–Trinajstić information content (AvgIpc) is 2.01. The van der Waals surface area contributed by atoms with Crippen LogP contribution in [0.3, 0.4) is 0 Å². The summed E-state index contributed by atoms with van der Waals surface area (Å²) in [4.78, 5) is 0. The van der Waals surface area contributed by atoms with E-state index in [4.69, 9.17) is 5.11 Å². The number of rotatable bonds is 7. The fourth-order valence-electron chi connectivity index (χ4n) is 0.824. The molecule has 0 rings (SSSR count). The molecule has 0 saturated carbocycles. The van der Waals surface area contributed by atoms with Crippen molar-refractivity contribution in [3.05, 3.63) is 0 Å². The summed E-state index contributed by atoms with van der Waals surface area (Å²) in [5.41, 5.74) is 0. The minimum Gasteiger partial charge on any atom is -0.396 e. The van der Waals surface area contributed by atoms with E-state index in [0.717, 1.165) is 13.0 Å². The van der Waals surface area contributed by atoms with E-state index < -0.39 is 0 Å². The fraction of sp³-hybridized carbons (Fsp3) is 1.00. The zero-order valence-corrected chi connectivity index (χ0v) is 8.28. The number of aliphatic hydroxyl groups is 1. The van der Waals surface area contributed by atoms with Crippen molar-refractivity contribution in [2.75, 3.05) is 25.2 Å². The van der Waals surface area contributed by atoms with Crippen LogP contribution in [0.5, 0.6) is 0 Å². The summed E-state index contributed by atoms with van der Waals surface area (Å²) in [7, 11) is 0. The summed E-state index contributed by atoms with van der Waals surface area (Å²) in [5.74, 6) is 1.22. The first-order chi connectivity index (χ1) is 5.31. The normalized spacial score (nSPS) is 13.4. The largest absolute Gasteiger partial charge is 0.396 e. The van der Waals surface area contributed by atoms with Gasteiger partial charge in [0.2, 0.25) is 0 Å². The zero-order chi connectivity index (χ0) is 8.53. The molecule has 0 amide bonds. The van der Waals surface area contributed by atoms with Crippen LogP contribution in [0.1, 0.15) is 19.8 Å². The summed E-state index contributed by atoms with van der Waals surface area (Å²) in [5, 5.41) is 11.9. The lowest BCUT2D eigenvalue weighted by Gasteiger charge is -2.11. The first kappa shape index (κ1) is 11.3. The zero-order valence-electron chi connectivity index (χ0n) is 7.47. The van der Waals surface area contributed by atoms with Crippen molar-refractivity contribution >= 4 is 11.8 Å². The molecule has 68 valence electrons. The molecular weight excluding hydrogens is 158 g/mol. The Kier molecular flexibility index (Phi) is 8.57. The minimum atomic E-state index is 0.294. The van der Waals surface area contributed by atoms with Gasteiger partial charge in [0, 0.05) is 12.6 Å². The monoisotopic (exact) mass is 177 g/mol. The Morgan fingerprint density at radius 3 is 2.82 bits per heavy atom. The van der Waals surface area contributed by atoms with Gasteiger partial charge in [0.25, 0.3) is 0 Å². The van der Waals surface area contributed by atoms with E-state index in [-0.39, 0.29) is 0 Å². The first-order valence-electron chi connectivity index (χ1n) is 4.14. The third kappa shape index (κ3) is 8.17. The highest BCUT2D eigenvalue weighted by atomic mass is 32.2. The van der Waals surface area contributed by atoms with Crippen molar-refractivity contribution in [3.63, 3.8) is 0 Å². The lowest BCUT2D eigenvalue weighted by Crippen LogP contribution is -2.27. The topological polar surface area (TPSA) is 32.3 Å². The van der Waals surface area contributed by atoms with Crippen LogP contribution >= 0.6 is 11.8 Å². The number of nitrogens with one attached hydrogen (secondary N) is 1. The quantitative estimate of drug-likeness (QED) is 0.571. The first-order valence-corrected chi connectivity index (χ1v) is 5.53. The Hall–Kier alpha value is 0.270. The van der Waals surface area contributed by atoms with E-state index >= 15 is 0 Å². The Bertz CT molecular complexity index is 80.5. The molecule has 0 spiro atoms. The standard InChI is InChI=1S/C8H19NOS/c1-8(4-7-11-2)9-5-3-6-10/h8-10H,3-7H2,1-2H3. The van der Waals surface area contributed by atoms with Crippen LogP contribution in [0.2, 0.25) is 0 Å². The highest BCUT2D eigenvalue weighted by molar-refractivity contribution is 7.98. The second kappa shape index (κ2) is 8.37. The number of hydrogen-bond donors (Lipinski definition) is 2. The maximum Gasteiger partial charge on any atom is 0.0443 e. The van der Waals surface area contributed by atoms with Gasteiger partial charge in [-0.3, -0.25) is 0 Å². The number of thioether (sulfide) groups is 1. The molecule has 1 atom stereocenters. The van der Waals surface area contributed by atoms with E-state index in [1.54, 1.807) is 0 Å². The van der Waals surface area contributed by atoms with Crippen LogP contribution in [0.15, 0.2) is 0 Å². The molecule has 11 heavy (non-hydrogen) atoms. The molecule has 0 radical (unpaired) electrons. The van der Waals surface area contributed by atoms with E-state index in [0.29, 0.717) is 12.6 Å². The molecule has 0 fully saturated rings. The summed E-state index contributed by atoms with van der Waals surface area (Å²) in [6.07, 6.45) is 4.21. The number of aliphatic hydroxyl groups excluding tert-OH is 1. The molecule has 0 saturated heterocycles. The Labute approximate surface area is 73.8 Å². The van der Waals surface area contributed by atoms with Crippen molar-refractivity contribution < 1.29 is 5.11 Å². The maximum absolute atomic E-state index is 8.51. The second-order valence-corrected chi connectivity index (χ2v) is 3.70. The third-order valence-corrected chi connectivity index (χ3v) is 2.23. The predicted molar refractivity (Wildman–Crippen MR) is 52.2 cm³/mol. The highest BCUT2D eigenvalue weighted by Gasteiger charge is 1.98. The maximum atomic E-state index is 8.51. The fourth-order valence-corrected chi connectivity index (χ4v) is 1.41. The number of hydrogen-bond acceptors (Lipinski definition) is 3.